The molecule has 0 heterocycles. The number of rotatable bonds is 5. The van der Waals surface area contributed by atoms with Crippen LogP contribution in [0.1, 0.15) is 22.3 Å². The first-order valence-corrected chi connectivity index (χ1v) is 7.19. The first-order valence-electron chi connectivity index (χ1n) is 7.19. The van der Waals surface area contributed by atoms with Crippen molar-refractivity contribution in [3.05, 3.63) is 70.3 Å². The summed E-state index contributed by atoms with van der Waals surface area (Å²) >= 11 is 0. The number of hydrogen-bond donors (Lipinski definition) is 1. The molecular weight excluding hydrogens is 288 g/mol. The molecule has 4 heteroatoms. The van der Waals surface area contributed by atoms with Gasteiger partial charge in [0.2, 0.25) is 0 Å². The van der Waals surface area contributed by atoms with Crippen molar-refractivity contribution in [2.75, 3.05) is 0 Å². The Morgan fingerprint density at radius 3 is 2.30 bits per heavy atom. The topological polar surface area (TPSA) is 76.1 Å². The molecule has 0 atom stereocenters. The van der Waals surface area contributed by atoms with Crippen LogP contribution in [0.2, 0.25) is 0 Å². The van der Waals surface area contributed by atoms with Gasteiger partial charge in [0.15, 0.2) is 0 Å². The normalized spacial score (nSPS) is 10.9. The van der Waals surface area contributed by atoms with Crippen molar-refractivity contribution in [2.24, 2.45) is 5.73 Å². The van der Waals surface area contributed by atoms with Crippen molar-refractivity contribution in [1.82, 2.24) is 0 Å². The summed E-state index contributed by atoms with van der Waals surface area (Å²) in [6, 6.07) is 15.2. The second-order valence-electron chi connectivity index (χ2n) is 5.39. The molecule has 2 rings (SSSR count). The maximum atomic E-state index is 11.0. The average Bonchev–Trinajstić information content (AvgIpc) is 2.50. The van der Waals surface area contributed by atoms with E-state index in [1.165, 1.54) is 17.2 Å². The Balaban J connectivity index is 2.06. The van der Waals surface area contributed by atoms with Crippen molar-refractivity contribution in [3.63, 3.8) is 0 Å². The summed E-state index contributed by atoms with van der Waals surface area (Å²) in [5.74, 6) is -0.0125. The number of nitriles is 1. The fourth-order valence-electron chi connectivity index (χ4n) is 2.30. The van der Waals surface area contributed by atoms with Crippen LogP contribution >= 0.6 is 0 Å². The number of carbonyl (C=O) groups excluding carboxylic acids is 1. The van der Waals surface area contributed by atoms with Crippen molar-refractivity contribution in [3.8, 4) is 11.8 Å². The lowest BCUT2D eigenvalue weighted by Gasteiger charge is -2.08. The van der Waals surface area contributed by atoms with E-state index in [1.807, 2.05) is 0 Å². The van der Waals surface area contributed by atoms with Crippen LogP contribution in [-0.4, -0.2) is 5.91 Å². The third-order valence-corrected chi connectivity index (χ3v) is 3.26. The Morgan fingerprint density at radius 1 is 1.17 bits per heavy atom. The molecule has 2 N–H and O–H groups in total. The van der Waals surface area contributed by atoms with Crippen LogP contribution in [0.25, 0.3) is 6.08 Å². The molecule has 2 aromatic carbocycles. The SMILES string of the molecule is Cc1cc(C)cc(COc2ccc(/C=C(\C#N)C(N)=O)cc2)c1. The number of benzene rings is 2. The third kappa shape index (κ3) is 4.72. The van der Waals surface area contributed by atoms with Crippen molar-refractivity contribution >= 4 is 12.0 Å². The Labute approximate surface area is 135 Å². The van der Waals surface area contributed by atoms with Crippen LogP contribution < -0.4 is 10.5 Å². The van der Waals surface area contributed by atoms with Gasteiger partial charge in [0.05, 0.1) is 0 Å². The fraction of sp³-hybridized carbons (Fsp3) is 0.158. The second kappa shape index (κ2) is 7.28. The number of nitrogens with two attached hydrogens (primary N) is 1. The monoisotopic (exact) mass is 306 g/mol. The maximum absolute atomic E-state index is 11.0. The van der Waals surface area contributed by atoms with E-state index in [0.29, 0.717) is 6.61 Å². The lowest BCUT2D eigenvalue weighted by molar-refractivity contribution is -0.114. The lowest BCUT2D eigenvalue weighted by atomic mass is 10.1. The number of aryl methyl sites for hydroxylation is 2. The molecule has 0 saturated carbocycles. The smallest absolute Gasteiger partial charge is 0.259 e. The molecule has 0 fully saturated rings. The first-order chi connectivity index (χ1) is 11.0. The van der Waals surface area contributed by atoms with Crippen LogP contribution in [0.5, 0.6) is 5.75 Å². The highest BCUT2D eigenvalue weighted by Crippen LogP contribution is 2.17. The number of hydrogen-bond acceptors (Lipinski definition) is 3. The molecule has 116 valence electrons. The van der Waals surface area contributed by atoms with Gasteiger partial charge in [-0.05, 0) is 43.2 Å². The Morgan fingerprint density at radius 2 is 1.78 bits per heavy atom. The van der Waals surface area contributed by atoms with Gasteiger partial charge >= 0.3 is 0 Å². The number of nitrogens with zero attached hydrogens (tertiary/aromatic N) is 1. The molecule has 0 aromatic heterocycles. The van der Waals surface area contributed by atoms with E-state index in [4.69, 9.17) is 15.7 Å². The predicted octanol–water partition coefficient (Wildman–Crippen LogP) is 3.27. The highest BCUT2D eigenvalue weighted by atomic mass is 16.5. The molecule has 0 unspecified atom stereocenters. The van der Waals surface area contributed by atoms with Crippen molar-refractivity contribution < 1.29 is 9.53 Å². The fourth-order valence-corrected chi connectivity index (χ4v) is 2.30. The van der Waals surface area contributed by atoms with Crippen LogP contribution in [0, 0.1) is 25.2 Å². The summed E-state index contributed by atoms with van der Waals surface area (Å²) in [5, 5.41) is 8.82. The molecule has 0 aliphatic heterocycles. The number of amides is 1. The second-order valence-corrected chi connectivity index (χ2v) is 5.39. The van der Waals surface area contributed by atoms with Crippen LogP contribution in [0.15, 0.2) is 48.0 Å². The third-order valence-electron chi connectivity index (χ3n) is 3.26. The van der Waals surface area contributed by atoms with Gasteiger partial charge in [-0.2, -0.15) is 5.26 Å². The van der Waals surface area contributed by atoms with Gasteiger partial charge in [-0.25, -0.2) is 0 Å². The van der Waals surface area contributed by atoms with Crippen LogP contribution in [0.4, 0.5) is 0 Å². The van der Waals surface area contributed by atoms with Gasteiger partial charge in [-0.3, -0.25) is 4.79 Å². The largest absolute Gasteiger partial charge is 0.489 e. The molecule has 2 aromatic rings. The molecule has 0 spiro atoms. The predicted molar refractivity (Wildman–Crippen MR) is 89.5 cm³/mol. The Bertz CT molecular complexity index is 764. The van der Waals surface area contributed by atoms with E-state index < -0.39 is 5.91 Å². The van der Waals surface area contributed by atoms with E-state index >= 15 is 0 Å². The zero-order chi connectivity index (χ0) is 16.8. The van der Waals surface area contributed by atoms with E-state index in [2.05, 4.69) is 32.0 Å². The summed E-state index contributed by atoms with van der Waals surface area (Å²) in [4.78, 5) is 11.0. The molecule has 23 heavy (non-hydrogen) atoms. The Hall–Kier alpha value is -3.06. The summed E-state index contributed by atoms with van der Waals surface area (Å²) in [6.45, 7) is 4.61. The molecule has 0 saturated heterocycles. The van der Waals surface area contributed by atoms with Gasteiger partial charge in [0.1, 0.15) is 24.0 Å². The van der Waals surface area contributed by atoms with Crippen LogP contribution in [0.3, 0.4) is 0 Å². The minimum atomic E-state index is -0.734. The average molecular weight is 306 g/mol. The van der Waals surface area contributed by atoms with E-state index in [-0.39, 0.29) is 5.57 Å². The summed E-state index contributed by atoms with van der Waals surface area (Å²) in [6.07, 6.45) is 1.45. The van der Waals surface area contributed by atoms with Gasteiger partial charge in [-0.1, -0.05) is 41.5 Å². The number of carbonyl (C=O) groups is 1. The molecule has 0 radical (unpaired) electrons. The van der Waals surface area contributed by atoms with E-state index in [0.717, 1.165) is 16.9 Å². The molecular formula is C19H18N2O2. The minimum absolute atomic E-state index is 0.0751. The van der Waals surface area contributed by atoms with Crippen molar-refractivity contribution in [2.45, 2.75) is 20.5 Å². The van der Waals surface area contributed by atoms with Gasteiger partial charge in [0, 0.05) is 0 Å². The van der Waals surface area contributed by atoms with E-state index in [1.54, 1.807) is 30.3 Å². The summed E-state index contributed by atoms with van der Waals surface area (Å²) in [7, 11) is 0. The highest BCUT2D eigenvalue weighted by molar-refractivity contribution is 6.00. The quantitative estimate of drug-likeness (QED) is 0.680. The molecule has 0 aliphatic carbocycles. The van der Waals surface area contributed by atoms with Crippen LogP contribution in [-0.2, 0) is 11.4 Å². The minimum Gasteiger partial charge on any atom is -0.489 e. The Kier molecular flexibility index (Phi) is 5.16. The maximum Gasteiger partial charge on any atom is 0.259 e. The van der Waals surface area contributed by atoms with Gasteiger partial charge < -0.3 is 10.5 Å². The first kappa shape index (κ1) is 16.3. The number of primary amides is 1. The standard InChI is InChI=1S/C19H18N2O2/c1-13-7-14(2)9-16(8-13)12-23-18-5-3-15(4-6-18)10-17(11-20)19(21)22/h3-10H,12H2,1-2H3,(H2,21,22)/b17-10+. The molecule has 4 nitrogen and oxygen atoms in total. The van der Waals surface area contributed by atoms with Gasteiger partial charge in [0.25, 0.3) is 5.91 Å². The zero-order valence-corrected chi connectivity index (χ0v) is 13.2. The number of ether oxygens (including phenoxy) is 1. The van der Waals surface area contributed by atoms with E-state index in [9.17, 15) is 4.79 Å². The lowest BCUT2D eigenvalue weighted by Crippen LogP contribution is -2.12. The summed E-state index contributed by atoms with van der Waals surface area (Å²) < 4.78 is 5.76. The summed E-state index contributed by atoms with van der Waals surface area (Å²) in [5.41, 5.74) is 9.29. The molecule has 1 amide bonds. The highest BCUT2D eigenvalue weighted by Gasteiger charge is 2.03. The molecule has 0 bridgehead atoms. The van der Waals surface area contributed by atoms with Crippen molar-refractivity contribution in [1.29, 1.82) is 5.26 Å². The zero-order valence-electron chi connectivity index (χ0n) is 13.2. The molecule has 0 aliphatic rings. The van der Waals surface area contributed by atoms with Gasteiger partial charge in [-0.15, -0.1) is 0 Å².